The van der Waals surface area contributed by atoms with Crippen LogP contribution in [0.4, 0.5) is 11.5 Å². The van der Waals surface area contributed by atoms with Crippen LogP contribution in [0.1, 0.15) is 18.9 Å². The van der Waals surface area contributed by atoms with Gasteiger partial charge in [-0.2, -0.15) is 0 Å². The summed E-state index contributed by atoms with van der Waals surface area (Å²) in [4.78, 5) is 42.4. The molecule has 7 nitrogen and oxygen atoms in total. The minimum atomic E-state index is -0.709. The third-order valence-corrected chi connectivity index (χ3v) is 6.65. The van der Waals surface area contributed by atoms with Crippen LogP contribution in [0.15, 0.2) is 63.0 Å². The van der Waals surface area contributed by atoms with Gasteiger partial charge < -0.3 is 10.6 Å². The molecule has 2 aromatic carbocycles. The largest absolute Gasteiger partial charge is 0.383 e. The summed E-state index contributed by atoms with van der Waals surface area (Å²) in [5.41, 5.74) is 5.70. The zero-order valence-electron chi connectivity index (χ0n) is 17.3. The first-order valence-electron chi connectivity index (χ1n) is 9.87. The van der Waals surface area contributed by atoms with Crippen molar-refractivity contribution in [2.75, 3.05) is 22.9 Å². The number of rotatable bonds is 8. The van der Waals surface area contributed by atoms with Crippen molar-refractivity contribution in [3.05, 3.63) is 85.0 Å². The lowest BCUT2D eigenvalue weighted by atomic mass is 10.2. The Morgan fingerprint density at radius 3 is 2.38 bits per heavy atom. The summed E-state index contributed by atoms with van der Waals surface area (Å²) in [6.07, 6.45) is 0.583. The number of nitrogens with zero attached hydrogens (tertiary/aromatic N) is 2. The molecule has 168 valence electrons. The van der Waals surface area contributed by atoms with Crippen LogP contribution in [-0.2, 0) is 11.3 Å². The number of carbonyl (C=O) groups is 1. The van der Waals surface area contributed by atoms with Gasteiger partial charge in [-0.1, -0.05) is 66.5 Å². The Balaban J connectivity index is 1.94. The maximum absolute atomic E-state index is 13.1. The number of nitrogens with one attached hydrogen (secondary N) is 1. The van der Waals surface area contributed by atoms with E-state index in [4.69, 9.17) is 28.9 Å². The average molecular weight is 493 g/mol. The van der Waals surface area contributed by atoms with Crippen LogP contribution in [0, 0.1) is 0 Å². The summed E-state index contributed by atoms with van der Waals surface area (Å²) in [6, 6.07) is 14.3. The second kappa shape index (κ2) is 10.8. The molecule has 0 unspecified atom stereocenters. The number of amides is 1. The molecule has 0 aliphatic rings. The second-order valence-corrected chi connectivity index (χ2v) is 8.75. The predicted octanol–water partition coefficient (Wildman–Crippen LogP) is 4.01. The third kappa shape index (κ3) is 5.38. The Labute approximate surface area is 199 Å². The van der Waals surface area contributed by atoms with E-state index in [9.17, 15) is 14.4 Å². The molecule has 0 atom stereocenters. The van der Waals surface area contributed by atoms with E-state index in [1.807, 2.05) is 37.3 Å². The maximum atomic E-state index is 13.1. The van der Waals surface area contributed by atoms with Gasteiger partial charge in [0.15, 0.2) is 5.69 Å². The van der Waals surface area contributed by atoms with Gasteiger partial charge in [0.1, 0.15) is 5.82 Å². The van der Waals surface area contributed by atoms with Gasteiger partial charge in [-0.25, -0.2) is 4.79 Å². The average Bonchev–Trinajstić information content (AvgIpc) is 2.76. The summed E-state index contributed by atoms with van der Waals surface area (Å²) >= 11 is 13.6. The van der Waals surface area contributed by atoms with E-state index in [2.05, 4.69) is 4.98 Å². The van der Waals surface area contributed by atoms with Crippen LogP contribution >= 0.6 is 35.0 Å². The van der Waals surface area contributed by atoms with Crippen molar-refractivity contribution in [1.29, 1.82) is 0 Å². The standard InChI is InChI=1S/C22H22Cl2N4O3S/c1-2-11-27(17(29)13-32-19-15(23)9-6-10-16(19)24)18-20(25)28(22(31)26-21(18)30)12-14-7-4-3-5-8-14/h3-10H,2,11-13,25H2,1H3,(H,26,30,31). The Morgan fingerprint density at radius 2 is 1.75 bits per heavy atom. The van der Waals surface area contributed by atoms with E-state index in [0.29, 0.717) is 21.4 Å². The van der Waals surface area contributed by atoms with Gasteiger partial charge in [0.2, 0.25) is 5.91 Å². The first-order chi connectivity index (χ1) is 15.3. The molecule has 1 amide bonds. The van der Waals surface area contributed by atoms with E-state index >= 15 is 0 Å². The topological polar surface area (TPSA) is 101 Å². The van der Waals surface area contributed by atoms with Gasteiger partial charge in [0, 0.05) is 11.4 Å². The molecule has 3 N–H and O–H groups in total. The molecule has 3 aromatic rings. The molecule has 1 heterocycles. The summed E-state index contributed by atoms with van der Waals surface area (Å²) in [7, 11) is 0. The van der Waals surface area contributed by atoms with Gasteiger partial charge in [-0.3, -0.25) is 19.1 Å². The van der Waals surface area contributed by atoms with Crippen LogP contribution in [0.25, 0.3) is 0 Å². The molecule has 3 rings (SSSR count). The van der Waals surface area contributed by atoms with Crippen molar-refractivity contribution in [1.82, 2.24) is 9.55 Å². The van der Waals surface area contributed by atoms with Crippen molar-refractivity contribution < 1.29 is 4.79 Å². The number of carbonyl (C=O) groups excluding carboxylic acids is 1. The van der Waals surface area contributed by atoms with E-state index in [0.717, 1.165) is 5.56 Å². The highest BCUT2D eigenvalue weighted by molar-refractivity contribution is 8.00. The fourth-order valence-electron chi connectivity index (χ4n) is 3.18. The number of H-pyrrole nitrogens is 1. The highest BCUT2D eigenvalue weighted by Gasteiger charge is 2.24. The molecular weight excluding hydrogens is 471 g/mol. The molecule has 0 radical (unpaired) electrons. The van der Waals surface area contributed by atoms with Gasteiger partial charge in [0.25, 0.3) is 5.56 Å². The number of hydrogen-bond acceptors (Lipinski definition) is 5. The van der Waals surface area contributed by atoms with Crippen LogP contribution in [0.3, 0.4) is 0 Å². The van der Waals surface area contributed by atoms with Crippen molar-refractivity contribution >= 4 is 52.4 Å². The number of anilines is 2. The lowest BCUT2D eigenvalue weighted by molar-refractivity contribution is -0.116. The number of benzene rings is 2. The van der Waals surface area contributed by atoms with E-state index in [1.165, 1.54) is 21.2 Å². The van der Waals surface area contributed by atoms with Crippen molar-refractivity contribution in [3.8, 4) is 0 Å². The predicted molar refractivity (Wildman–Crippen MR) is 131 cm³/mol. The first kappa shape index (κ1) is 24.0. The highest BCUT2D eigenvalue weighted by atomic mass is 35.5. The number of halogens is 2. The van der Waals surface area contributed by atoms with Crippen LogP contribution in [-0.4, -0.2) is 27.8 Å². The molecular formula is C22H22Cl2N4O3S. The zero-order valence-corrected chi connectivity index (χ0v) is 19.6. The normalized spacial score (nSPS) is 10.8. The molecule has 0 fully saturated rings. The highest BCUT2D eigenvalue weighted by Crippen LogP contribution is 2.34. The lowest BCUT2D eigenvalue weighted by Crippen LogP contribution is -2.42. The molecule has 0 aliphatic carbocycles. The minimum Gasteiger partial charge on any atom is -0.383 e. The number of aromatic nitrogens is 2. The van der Waals surface area contributed by atoms with Gasteiger partial charge in [-0.05, 0) is 24.1 Å². The SMILES string of the molecule is CCCN(C(=O)CSc1c(Cl)cccc1Cl)c1c(N)n(Cc2ccccc2)c(=O)[nH]c1=O. The quantitative estimate of drug-likeness (QED) is 0.462. The Morgan fingerprint density at radius 1 is 1.09 bits per heavy atom. The Hall–Kier alpha value is -2.68. The van der Waals surface area contributed by atoms with Crippen molar-refractivity contribution in [2.24, 2.45) is 0 Å². The summed E-state index contributed by atoms with van der Waals surface area (Å²) < 4.78 is 1.25. The van der Waals surface area contributed by atoms with E-state index in [1.54, 1.807) is 18.2 Å². The summed E-state index contributed by atoms with van der Waals surface area (Å²) in [5, 5.41) is 0.872. The molecule has 0 aliphatic heterocycles. The summed E-state index contributed by atoms with van der Waals surface area (Å²) in [5.74, 6) is -0.430. The summed E-state index contributed by atoms with van der Waals surface area (Å²) in [6.45, 7) is 2.29. The first-order valence-corrected chi connectivity index (χ1v) is 11.6. The molecule has 0 saturated carbocycles. The second-order valence-electron chi connectivity index (χ2n) is 6.95. The Kier molecular flexibility index (Phi) is 8.06. The maximum Gasteiger partial charge on any atom is 0.330 e. The van der Waals surface area contributed by atoms with Crippen molar-refractivity contribution in [3.63, 3.8) is 0 Å². The molecule has 0 saturated heterocycles. The van der Waals surface area contributed by atoms with Gasteiger partial charge in [0.05, 0.1) is 22.3 Å². The third-order valence-electron chi connectivity index (χ3n) is 4.67. The number of hydrogen-bond donors (Lipinski definition) is 2. The molecule has 32 heavy (non-hydrogen) atoms. The molecule has 1 aromatic heterocycles. The number of nitrogen functional groups attached to an aromatic ring is 1. The van der Waals surface area contributed by atoms with E-state index in [-0.39, 0.29) is 36.3 Å². The minimum absolute atomic E-state index is 0.0137. The smallest absolute Gasteiger partial charge is 0.330 e. The number of thioether (sulfide) groups is 1. The van der Waals surface area contributed by atoms with E-state index < -0.39 is 11.2 Å². The zero-order chi connectivity index (χ0) is 23.3. The van der Waals surface area contributed by atoms with Gasteiger partial charge >= 0.3 is 5.69 Å². The van der Waals surface area contributed by atoms with Gasteiger partial charge in [-0.15, -0.1) is 11.8 Å². The fourth-order valence-corrected chi connectivity index (χ4v) is 4.74. The monoisotopic (exact) mass is 492 g/mol. The molecule has 0 spiro atoms. The fraction of sp³-hybridized carbons (Fsp3) is 0.227. The lowest BCUT2D eigenvalue weighted by Gasteiger charge is -2.24. The number of aromatic amines is 1. The molecule has 0 bridgehead atoms. The van der Waals surface area contributed by atoms with Crippen LogP contribution in [0.5, 0.6) is 0 Å². The molecule has 10 heteroatoms. The number of nitrogens with two attached hydrogens (primary N) is 1. The van der Waals surface area contributed by atoms with Crippen LogP contribution < -0.4 is 21.9 Å². The van der Waals surface area contributed by atoms with Crippen LogP contribution in [0.2, 0.25) is 10.0 Å². The van der Waals surface area contributed by atoms with Crippen molar-refractivity contribution in [2.45, 2.75) is 24.8 Å². The Bertz CT molecular complexity index is 1210.